The first-order valence-electron chi connectivity index (χ1n) is 3.77. The minimum absolute atomic E-state index is 0.0808. The fraction of sp³-hybridized carbons (Fsp3) is 0.857. The SMILES string of the molecule is CCOC(C)CNC(=O)NC. The maximum Gasteiger partial charge on any atom is 0.314 e. The van der Waals surface area contributed by atoms with Gasteiger partial charge in [-0.3, -0.25) is 0 Å². The number of hydrogen-bond donors (Lipinski definition) is 2. The number of hydrogen-bond acceptors (Lipinski definition) is 2. The van der Waals surface area contributed by atoms with Gasteiger partial charge in [0.25, 0.3) is 0 Å². The molecular weight excluding hydrogens is 144 g/mol. The van der Waals surface area contributed by atoms with Crippen molar-refractivity contribution < 1.29 is 9.53 Å². The lowest BCUT2D eigenvalue weighted by molar-refractivity contribution is 0.0776. The summed E-state index contributed by atoms with van der Waals surface area (Å²) in [5.74, 6) is 0. The van der Waals surface area contributed by atoms with Crippen LogP contribution < -0.4 is 10.6 Å². The van der Waals surface area contributed by atoms with Crippen LogP contribution in [0.1, 0.15) is 13.8 Å². The molecule has 0 bridgehead atoms. The molecule has 0 rings (SSSR count). The number of carbonyl (C=O) groups excluding carboxylic acids is 1. The van der Waals surface area contributed by atoms with E-state index in [1.54, 1.807) is 7.05 Å². The number of carbonyl (C=O) groups is 1. The Morgan fingerprint density at radius 2 is 2.27 bits per heavy atom. The average Bonchev–Trinajstić information content (AvgIpc) is 2.01. The number of amides is 2. The molecule has 0 aliphatic rings. The summed E-state index contributed by atoms with van der Waals surface area (Å²) >= 11 is 0. The van der Waals surface area contributed by atoms with Crippen molar-refractivity contribution in [1.29, 1.82) is 0 Å². The van der Waals surface area contributed by atoms with Crippen LogP contribution in [0.15, 0.2) is 0 Å². The molecule has 0 heterocycles. The lowest BCUT2D eigenvalue weighted by Crippen LogP contribution is -2.37. The van der Waals surface area contributed by atoms with Crippen molar-refractivity contribution in [2.45, 2.75) is 20.0 Å². The van der Waals surface area contributed by atoms with Crippen molar-refractivity contribution in [1.82, 2.24) is 10.6 Å². The Kier molecular flexibility index (Phi) is 5.56. The van der Waals surface area contributed by atoms with E-state index in [0.29, 0.717) is 13.2 Å². The number of urea groups is 1. The monoisotopic (exact) mass is 160 g/mol. The minimum atomic E-state index is -0.170. The zero-order chi connectivity index (χ0) is 8.69. The standard InChI is InChI=1S/C7H16N2O2/c1-4-11-6(2)5-9-7(10)8-3/h6H,4-5H2,1-3H3,(H2,8,9,10). The molecule has 0 aliphatic carbocycles. The van der Waals surface area contributed by atoms with Crippen molar-refractivity contribution in [2.24, 2.45) is 0 Å². The van der Waals surface area contributed by atoms with E-state index in [4.69, 9.17) is 4.74 Å². The number of nitrogens with one attached hydrogen (secondary N) is 2. The summed E-state index contributed by atoms with van der Waals surface area (Å²) in [5.41, 5.74) is 0. The van der Waals surface area contributed by atoms with E-state index >= 15 is 0 Å². The van der Waals surface area contributed by atoms with Gasteiger partial charge in [-0.2, -0.15) is 0 Å². The highest BCUT2D eigenvalue weighted by molar-refractivity contribution is 5.73. The maximum atomic E-state index is 10.6. The molecule has 1 atom stereocenters. The van der Waals surface area contributed by atoms with E-state index in [9.17, 15) is 4.79 Å². The lowest BCUT2D eigenvalue weighted by Gasteiger charge is -2.11. The fourth-order valence-electron chi connectivity index (χ4n) is 0.668. The minimum Gasteiger partial charge on any atom is -0.377 e. The van der Waals surface area contributed by atoms with Crippen molar-refractivity contribution in [3.8, 4) is 0 Å². The van der Waals surface area contributed by atoms with Crippen LogP contribution in [0.3, 0.4) is 0 Å². The Labute approximate surface area is 67.3 Å². The van der Waals surface area contributed by atoms with Crippen molar-refractivity contribution in [3.05, 3.63) is 0 Å². The third-order valence-electron chi connectivity index (χ3n) is 1.23. The largest absolute Gasteiger partial charge is 0.377 e. The summed E-state index contributed by atoms with van der Waals surface area (Å²) < 4.78 is 5.19. The van der Waals surface area contributed by atoms with Gasteiger partial charge in [-0.25, -0.2) is 4.79 Å². The van der Waals surface area contributed by atoms with Crippen LogP contribution in [-0.2, 0) is 4.74 Å². The topological polar surface area (TPSA) is 50.4 Å². The second-order valence-corrected chi connectivity index (χ2v) is 2.23. The van der Waals surface area contributed by atoms with Gasteiger partial charge >= 0.3 is 6.03 Å². The molecule has 0 aromatic carbocycles. The predicted molar refractivity (Wildman–Crippen MR) is 43.5 cm³/mol. The van der Waals surface area contributed by atoms with E-state index in [1.807, 2.05) is 13.8 Å². The molecule has 0 fully saturated rings. The first-order chi connectivity index (χ1) is 5.20. The summed E-state index contributed by atoms with van der Waals surface area (Å²) in [7, 11) is 1.58. The zero-order valence-electron chi connectivity index (χ0n) is 7.31. The Balaban J connectivity index is 3.29. The molecule has 4 nitrogen and oxygen atoms in total. The van der Waals surface area contributed by atoms with Crippen LogP contribution >= 0.6 is 0 Å². The highest BCUT2D eigenvalue weighted by Gasteiger charge is 2.01. The molecule has 0 saturated carbocycles. The van der Waals surface area contributed by atoms with E-state index in [0.717, 1.165) is 0 Å². The van der Waals surface area contributed by atoms with Gasteiger partial charge in [0, 0.05) is 20.2 Å². The van der Waals surface area contributed by atoms with Gasteiger partial charge in [0.15, 0.2) is 0 Å². The third kappa shape index (κ3) is 5.66. The van der Waals surface area contributed by atoms with Crippen molar-refractivity contribution in [2.75, 3.05) is 20.2 Å². The summed E-state index contributed by atoms with van der Waals surface area (Å²) in [6.07, 6.45) is 0.0808. The normalized spacial score (nSPS) is 12.3. The summed E-state index contributed by atoms with van der Waals surface area (Å²) in [5, 5.41) is 5.10. The Bertz CT molecular complexity index is 117. The quantitative estimate of drug-likeness (QED) is 0.623. The van der Waals surface area contributed by atoms with Gasteiger partial charge in [-0.1, -0.05) is 0 Å². The van der Waals surface area contributed by atoms with E-state index in [2.05, 4.69) is 10.6 Å². The summed E-state index contributed by atoms with van der Waals surface area (Å²) in [6, 6.07) is -0.170. The van der Waals surface area contributed by atoms with Crippen LogP contribution in [0, 0.1) is 0 Å². The zero-order valence-corrected chi connectivity index (χ0v) is 7.31. The summed E-state index contributed by atoms with van der Waals surface area (Å²) in [4.78, 5) is 10.6. The molecule has 66 valence electrons. The lowest BCUT2D eigenvalue weighted by atomic mass is 10.4. The molecule has 0 saturated heterocycles. The van der Waals surface area contributed by atoms with Gasteiger partial charge in [0.2, 0.25) is 0 Å². The van der Waals surface area contributed by atoms with Gasteiger partial charge in [-0.15, -0.1) is 0 Å². The molecule has 0 spiro atoms. The number of ether oxygens (including phenoxy) is 1. The van der Waals surface area contributed by atoms with Crippen LogP contribution in [0.5, 0.6) is 0 Å². The molecule has 0 aromatic rings. The third-order valence-corrected chi connectivity index (χ3v) is 1.23. The van der Waals surface area contributed by atoms with Crippen LogP contribution in [0.2, 0.25) is 0 Å². The first-order valence-corrected chi connectivity index (χ1v) is 3.77. The van der Waals surface area contributed by atoms with Gasteiger partial charge in [-0.05, 0) is 13.8 Å². The summed E-state index contributed by atoms with van der Waals surface area (Å²) in [6.45, 7) is 5.07. The average molecular weight is 160 g/mol. The molecule has 1 unspecified atom stereocenters. The van der Waals surface area contributed by atoms with Gasteiger partial charge < -0.3 is 15.4 Å². The molecule has 4 heteroatoms. The predicted octanol–water partition coefficient (Wildman–Crippen LogP) is 0.340. The molecule has 0 radical (unpaired) electrons. The Morgan fingerprint density at radius 1 is 1.64 bits per heavy atom. The fourth-order valence-corrected chi connectivity index (χ4v) is 0.668. The second kappa shape index (κ2) is 5.97. The second-order valence-electron chi connectivity index (χ2n) is 2.23. The van der Waals surface area contributed by atoms with Crippen molar-refractivity contribution in [3.63, 3.8) is 0 Å². The Morgan fingerprint density at radius 3 is 2.73 bits per heavy atom. The van der Waals surface area contributed by atoms with Crippen molar-refractivity contribution >= 4 is 6.03 Å². The molecular formula is C7H16N2O2. The molecule has 0 aliphatic heterocycles. The smallest absolute Gasteiger partial charge is 0.314 e. The maximum absolute atomic E-state index is 10.6. The van der Waals surface area contributed by atoms with E-state index in [1.165, 1.54) is 0 Å². The molecule has 0 aromatic heterocycles. The first kappa shape index (κ1) is 10.2. The van der Waals surface area contributed by atoms with E-state index < -0.39 is 0 Å². The van der Waals surface area contributed by atoms with E-state index in [-0.39, 0.29) is 12.1 Å². The highest BCUT2D eigenvalue weighted by Crippen LogP contribution is 1.86. The van der Waals surface area contributed by atoms with Crippen LogP contribution in [0.4, 0.5) is 4.79 Å². The van der Waals surface area contributed by atoms with Gasteiger partial charge in [0.05, 0.1) is 6.10 Å². The molecule has 11 heavy (non-hydrogen) atoms. The Hall–Kier alpha value is -0.770. The van der Waals surface area contributed by atoms with Crippen LogP contribution in [-0.4, -0.2) is 32.3 Å². The number of rotatable bonds is 4. The molecule has 2 N–H and O–H groups in total. The molecule has 2 amide bonds. The van der Waals surface area contributed by atoms with Crippen LogP contribution in [0.25, 0.3) is 0 Å². The highest BCUT2D eigenvalue weighted by atomic mass is 16.5. The van der Waals surface area contributed by atoms with Gasteiger partial charge in [0.1, 0.15) is 0 Å².